The number of hydrogen-bond donors (Lipinski definition) is 1. The molecule has 0 aliphatic carbocycles. The third kappa shape index (κ3) is 2.33. The van der Waals surface area contributed by atoms with Gasteiger partial charge in [0.2, 0.25) is 5.95 Å². The van der Waals surface area contributed by atoms with Gasteiger partial charge in [-0.1, -0.05) is 0 Å². The summed E-state index contributed by atoms with van der Waals surface area (Å²) in [7, 11) is 0. The van der Waals surface area contributed by atoms with E-state index in [1.54, 1.807) is 22.2 Å². The molecular formula is C17H16F2N6. The SMILES string of the molecule is Cc1nc(N)nn2ccc(-c3cc(F)c4nc(C)n(CCF)c4c3)c12. The lowest BCUT2D eigenvalue weighted by Gasteiger charge is -2.07. The lowest BCUT2D eigenvalue weighted by Crippen LogP contribution is -2.03. The van der Waals surface area contributed by atoms with E-state index < -0.39 is 12.5 Å². The molecule has 4 rings (SSSR count). The Balaban J connectivity index is 2.00. The molecule has 3 aromatic heterocycles. The highest BCUT2D eigenvalue weighted by atomic mass is 19.1. The largest absolute Gasteiger partial charge is 0.367 e. The van der Waals surface area contributed by atoms with Crippen molar-refractivity contribution in [2.45, 2.75) is 20.4 Å². The molecule has 3 heterocycles. The number of anilines is 1. The van der Waals surface area contributed by atoms with Crippen LogP contribution in [0.3, 0.4) is 0 Å². The predicted molar refractivity (Wildman–Crippen MR) is 91.5 cm³/mol. The number of nitrogens with two attached hydrogens (primary N) is 1. The molecule has 0 bridgehead atoms. The smallest absolute Gasteiger partial charge is 0.238 e. The summed E-state index contributed by atoms with van der Waals surface area (Å²) in [5.74, 6) is 0.310. The zero-order valence-corrected chi connectivity index (χ0v) is 13.8. The van der Waals surface area contributed by atoms with E-state index >= 15 is 0 Å². The summed E-state index contributed by atoms with van der Waals surface area (Å²) in [5.41, 5.74) is 9.38. The fourth-order valence-electron chi connectivity index (χ4n) is 3.28. The summed E-state index contributed by atoms with van der Waals surface area (Å²) in [6.07, 6.45) is 1.75. The molecule has 0 saturated carbocycles. The van der Waals surface area contributed by atoms with E-state index in [1.807, 2.05) is 19.1 Å². The molecular weight excluding hydrogens is 326 g/mol. The lowest BCUT2D eigenvalue weighted by molar-refractivity contribution is 0.446. The van der Waals surface area contributed by atoms with Gasteiger partial charge in [-0.2, -0.15) is 0 Å². The van der Waals surface area contributed by atoms with Gasteiger partial charge in [-0.15, -0.1) is 5.10 Å². The average molecular weight is 342 g/mol. The molecule has 25 heavy (non-hydrogen) atoms. The molecule has 0 amide bonds. The van der Waals surface area contributed by atoms with Crippen molar-refractivity contribution in [1.29, 1.82) is 0 Å². The zero-order chi connectivity index (χ0) is 17.7. The first-order valence-corrected chi connectivity index (χ1v) is 7.83. The van der Waals surface area contributed by atoms with Crippen LogP contribution in [0.1, 0.15) is 11.5 Å². The van der Waals surface area contributed by atoms with Gasteiger partial charge in [-0.25, -0.2) is 23.3 Å². The summed E-state index contributed by atoms with van der Waals surface area (Å²) >= 11 is 0. The highest BCUT2D eigenvalue weighted by Gasteiger charge is 2.17. The maximum atomic E-state index is 14.6. The summed E-state index contributed by atoms with van der Waals surface area (Å²) in [5, 5.41) is 4.14. The molecule has 0 radical (unpaired) electrons. The number of alkyl halides is 1. The van der Waals surface area contributed by atoms with E-state index in [2.05, 4.69) is 15.1 Å². The molecule has 1 aromatic carbocycles. The highest BCUT2D eigenvalue weighted by molar-refractivity contribution is 5.89. The van der Waals surface area contributed by atoms with Gasteiger partial charge in [0.1, 0.15) is 18.0 Å². The molecule has 4 aromatic rings. The maximum absolute atomic E-state index is 14.6. The Labute approximate surface area is 141 Å². The van der Waals surface area contributed by atoms with Crippen LogP contribution >= 0.6 is 0 Å². The minimum absolute atomic E-state index is 0.139. The van der Waals surface area contributed by atoms with E-state index in [1.165, 1.54) is 6.07 Å². The van der Waals surface area contributed by atoms with Gasteiger partial charge in [0, 0.05) is 11.8 Å². The van der Waals surface area contributed by atoms with Crippen LogP contribution in [-0.4, -0.2) is 30.8 Å². The first-order chi connectivity index (χ1) is 12.0. The van der Waals surface area contributed by atoms with Gasteiger partial charge in [0.25, 0.3) is 0 Å². The number of nitrogen functional groups attached to an aromatic ring is 1. The number of rotatable bonds is 3. The summed E-state index contributed by atoms with van der Waals surface area (Å²) in [6, 6.07) is 5.08. The predicted octanol–water partition coefficient (Wildman–Crippen LogP) is 3.05. The fraction of sp³-hybridized carbons (Fsp3) is 0.235. The van der Waals surface area contributed by atoms with E-state index in [9.17, 15) is 8.78 Å². The molecule has 8 heteroatoms. The van der Waals surface area contributed by atoms with E-state index in [4.69, 9.17) is 5.73 Å². The Bertz CT molecular complexity index is 1110. The van der Waals surface area contributed by atoms with Gasteiger partial charge < -0.3 is 10.3 Å². The van der Waals surface area contributed by atoms with Crippen molar-refractivity contribution < 1.29 is 8.78 Å². The van der Waals surface area contributed by atoms with E-state index in [-0.39, 0.29) is 18.0 Å². The Morgan fingerprint density at radius 2 is 2.00 bits per heavy atom. The van der Waals surface area contributed by atoms with Crippen LogP contribution in [0.25, 0.3) is 27.7 Å². The summed E-state index contributed by atoms with van der Waals surface area (Å²) < 4.78 is 30.8. The van der Waals surface area contributed by atoms with Crippen LogP contribution in [0.4, 0.5) is 14.7 Å². The molecule has 0 saturated heterocycles. The van der Waals surface area contributed by atoms with Crippen LogP contribution in [-0.2, 0) is 6.54 Å². The number of benzene rings is 1. The molecule has 0 aliphatic rings. The van der Waals surface area contributed by atoms with Gasteiger partial charge in [-0.3, -0.25) is 0 Å². The van der Waals surface area contributed by atoms with Crippen LogP contribution in [0.15, 0.2) is 24.4 Å². The number of imidazole rings is 1. The van der Waals surface area contributed by atoms with Crippen LogP contribution in [0.2, 0.25) is 0 Å². The second-order valence-electron chi connectivity index (χ2n) is 5.90. The third-order valence-electron chi connectivity index (χ3n) is 4.32. The quantitative estimate of drug-likeness (QED) is 0.621. The second-order valence-corrected chi connectivity index (χ2v) is 5.90. The van der Waals surface area contributed by atoms with Crippen LogP contribution in [0, 0.1) is 19.7 Å². The van der Waals surface area contributed by atoms with Crippen molar-refractivity contribution in [2.75, 3.05) is 12.4 Å². The Morgan fingerprint density at radius 1 is 1.20 bits per heavy atom. The first kappa shape index (κ1) is 15.5. The number of aryl methyl sites for hydroxylation is 3. The molecule has 2 N–H and O–H groups in total. The Kier molecular flexibility index (Phi) is 3.41. The lowest BCUT2D eigenvalue weighted by atomic mass is 10.1. The summed E-state index contributed by atoms with van der Waals surface area (Å²) in [6.45, 7) is 3.16. The first-order valence-electron chi connectivity index (χ1n) is 7.83. The normalized spacial score (nSPS) is 11.7. The van der Waals surface area contributed by atoms with Crippen molar-refractivity contribution in [3.05, 3.63) is 41.7 Å². The second kappa shape index (κ2) is 5.51. The molecule has 0 unspecified atom stereocenters. The van der Waals surface area contributed by atoms with Crippen LogP contribution in [0.5, 0.6) is 0 Å². The molecule has 6 nitrogen and oxygen atoms in total. The zero-order valence-electron chi connectivity index (χ0n) is 13.8. The van der Waals surface area contributed by atoms with Gasteiger partial charge in [0.15, 0.2) is 5.82 Å². The van der Waals surface area contributed by atoms with E-state index in [0.717, 1.165) is 11.1 Å². The molecule has 0 spiro atoms. The monoisotopic (exact) mass is 342 g/mol. The third-order valence-corrected chi connectivity index (χ3v) is 4.32. The minimum atomic E-state index is -0.542. The van der Waals surface area contributed by atoms with Gasteiger partial charge in [-0.05, 0) is 37.6 Å². The Hall–Kier alpha value is -3.03. The van der Waals surface area contributed by atoms with Crippen molar-refractivity contribution in [3.63, 3.8) is 0 Å². The topological polar surface area (TPSA) is 74.0 Å². The fourth-order valence-corrected chi connectivity index (χ4v) is 3.28. The van der Waals surface area contributed by atoms with Crippen molar-refractivity contribution in [1.82, 2.24) is 24.1 Å². The molecule has 0 fully saturated rings. The maximum Gasteiger partial charge on any atom is 0.238 e. The average Bonchev–Trinajstić information content (AvgIpc) is 3.10. The number of fused-ring (bicyclic) bond motifs is 2. The molecule has 0 aliphatic heterocycles. The standard InChI is InChI=1S/C17H16F2N6/c1-9-16-12(3-5-25(16)23-17(20)21-9)11-7-13(19)15-14(8-11)24(6-4-18)10(2)22-15/h3,5,7-8H,4,6H2,1-2H3,(H2,20,23). The molecule has 128 valence electrons. The Morgan fingerprint density at radius 3 is 2.76 bits per heavy atom. The summed E-state index contributed by atoms with van der Waals surface area (Å²) in [4.78, 5) is 8.40. The minimum Gasteiger partial charge on any atom is -0.367 e. The van der Waals surface area contributed by atoms with Gasteiger partial charge >= 0.3 is 0 Å². The number of halogens is 2. The number of nitrogens with zero attached hydrogens (tertiary/aromatic N) is 5. The van der Waals surface area contributed by atoms with Crippen molar-refractivity contribution >= 4 is 22.5 Å². The van der Waals surface area contributed by atoms with Crippen LogP contribution < -0.4 is 5.73 Å². The van der Waals surface area contributed by atoms with Crippen molar-refractivity contribution in [2.24, 2.45) is 0 Å². The highest BCUT2D eigenvalue weighted by Crippen LogP contribution is 2.31. The molecule has 0 atom stereocenters. The number of aromatic nitrogens is 5. The number of hydrogen-bond acceptors (Lipinski definition) is 4. The van der Waals surface area contributed by atoms with Crippen molar-refractivity contribution in [3.8, 4) is 11.1 Å². The van der Waals surface area contributed by atoms with Gasteiger partial charge in [0.05, 0.1) is 23.3 Å². The van der Waals surface area contributed by atoms with E-state index in [0.29, 0.717) is 22.6 Å².